The molecule has 0 aromatic heterocycles. The van der Waals surface area contributed by atoms with Crippen LogP contribution in [0, 0.1) is 5.82 Å². The van der Waals surface area contributed by atoms with Crippen molar-refractivity contribution in [2.45, 2.75) is 18.8 Å². The number of halogens is 2. The summed E-state index contributed by atoms with van der Waals surface area (Å²) < 4.78 is 19.1. The molecule has 1 heterocycles. The largest absolute Gasteiger partial charge is 0.494 e. The third kappa shape index (κ3) is 2.15. The fourth-order valence-corrected chi connectivity index (χ4v) is 2.49. The molecule has 4 heteroatoms. The number of methoxy groups -OCH3 is 1. The first kappa shape index (κ1) is 11.7. The molecule has 0 saturated carbocycles. The van der Waals surface area contributed by atoms with Gasteiger partial charge in [-0.15, -0.1) is 0 Å². The van der Waals surface area contributed by atoms with Gasteiger partial charge in [0.1, 0.15) is 0 Å². The highest BCUT2D eigenvalue weighted by atomic mass is 35.5. The van der Waals surface area contributed by atoms with Gasteiger partial charge in [-0.05, 0) is 44.0 Å². The van der Waals surface area contributed by atoms with Gasteiger partial charge in [0.2, 0.25) is 0 Å². The van der Waals surface area contributed by atoms with Crippen molar-refractivity contribution >= 4 is 11.6 Å². The lowest BCUT2D eigenvalue weighted by Crippen LogP contribution is -2.27. The van der Waals surface area contributed by atoms with E-state index in [-0.39, 0.29) is 17.5 Å². The van der Waals surface area contributed by atoms with E-state index in [1.165, 1.54) is 7.11 Å². The van der Waals surface area contributed by atoms with Crippen LogP contribution in [0.15, 0.2) is 12.1 Å². The second kappa shape index (κ2) is 5.02. The molecular formula is C12H15ClFNO. The van der Waals surface area contributed by atoms with E-state index in [0.717, 1.165) is 25.9 Å². The lowest BCUT2D eigenvalue weighted by atomic mass is 9.89. The van der Waals surface area contributed by atoms with E-state index in [9.17, 15) is 4.39 Å². The van der Waals surface area contributed by atoms with Crippen LogP contribution in [0.1, 0.15) is 24.3 Å². The van der Waals surface area contributed by atoms with Gasteiger partial charge in [0, 0.05) is 10.6 Å². The monoisotopic (exact) mass is 243 g/mol. The maximum absolute atomic E-state index is 14.1. The topological polar surface area (TPSA) is 21.3 Å². The Hall–Kier alpha value is -0.800. The molecule has 88 valence electrons. The number of benzene rings is 1. The minimum atomic E-state index is -0.304. The molecule has 0 amide bonds. The maximum Gasteiger partial charge on any atom is 0.169 e. The minimum Gasteiger partial charge on any atom is -0.494 e. The molecule has 0 radical (unpaired) electrons. The number of hydrogen-bond donors (Lipinski definition) is 1. The van der Waals surface area contributed by atoms with Gasteiger partial charge in [-0.2, -0.15) is 0 Å². The van der Waals surface area contributed by atoms with E-state index in [1.54, 1.807) is 12.1 Å². The molecule has 1 aliphatic heterocycles. The van der Waals surface area contributed by atoms with Gasteiger partial charge in [-0.1, -0.05) is 11.6 Å². The molecule has 0 unspecified atom stereocenters. The molecule has 1 aliphatic rings. The van der Waals surface area contributed by atoms with Crippen LogP contribution in [-0.4, -0.2) is 20.2 Å². The average molecular weight is 244 g/mol. The van der Waals surface area contributed by atoms with Gasteiger partial charge in [-0.3, -0.25) is 0 Å². The molecule has 0 bridgehead atoms. The third-order valence-electron chi connectivity index (χ3n) is 3.06. The first-order valence-electron chi connectivity index (χ1n) is 5.46. The lowest BCUT2D eigenvalue weighted by Gasteiger charge is -2.24. The van der Waals surface area contributed by atoms with Gasteiger partial charge in [0.05, 0.1) is 7.11 Å². The molecule has 1 fully saturated rings. The van der Waals surface area contributed by atoms with Gasteiger partial charge in [0.25, 0.3) is 0 Å². The standard InChI is InChI=1S/C12H15ClFNO/c1-16-10-3-2-9(13)11(12(10)14)8-4-6-15-7-5-8/h2-3,8,15H,4-7H2,1H3. The molecule has 16 heavy (non-hydrogen) atoms. The summed E-state index contributed by atoms with van der Waals surface area (Å²) in [5.74, 6) is 0.170. The van der Waals surface area contributed by atoms with E-state index < -0.39 is 0 Å². The van der Waals surface area contributed by atoms with Crippen molar-refractivity contribution in [1.82, 2.24) is 5.32 Å². The van der Waals surface area contributed by atoms with Crippen LogP contribution in [0.25, 0.3) is 0 Å². The van der Waals surface area contributed by atoms with Crippen molar-refractivity contribution in [2.75, 3.05) is 20.2 Å². The summed E-state index contributed by atoms with van der Waals surface area (Å²) in [7, 11) is 1.47. The van der Waals surface area contributed by atoms with Crippen LogP contribution in [0.3, 0.4) is 0 Å². The van der Waals surface area contributed by atoms with Gasteiger partial charge >= 0.3 is 0 Å². The summed E-state index contributed by atoms with van der Waals surface area (Å²) in [6.07, 6.45) is 1.84. The molecule has 1 aromatic rings. The van der Waals surface area contributed by atoms with Crippen LogP contribution in [-0.2, 0) is 0 Å². The highest BCUT2D eigenvalue weighted by Gasteiger charge is 2.23. The Morgan fingerprint density at radius 3 is 2.69 bits per heavy atom. The van der Waals surface area contributed by atoms with E-state index in [0.29, 0.717) is 10.6 Å². The molecule has 1 saturated heterocycles. The van der Waals surface area contributed by atoms with Crippen molar-refractivity contribution in [3.8, 4) is 5.75 Å². The zero-order valence-corrected chi connectivity index (χ0v) is 9.98. The predicted octanol–water partition coefficient (Wildman–Crippen LogP) is 2.95. The molecule has 1 N–H and O–H groups in total. The first-order valence-corrected chi connectivity index (χ1v) is 5.84. The quantitative estimate of drug-likeness (QED) is 0.862. The second-order valence-corrected chi connectivity index (χ2v) is 4.41. The summed E-state index contributed by atoms with van der Waals surface area (Å²) in [5, 5.41) is 3.76. The second-order valence-electron chi connectivity index (χ2n) is 4.00. The molecule has 0 spiro atoms. The predicted molar refractivity (Wildman–Crippen MR) is 62.8 cm³/mol. The summed E-state index contributed by atoms with van der Waals surface area (Å²) in [5.41, 5.74) is 0.613. The fourth-order valence-electron chi connectivity index (χ4n) is 2.19. The molecule has 1 aromatic carbocycles. The van der Waals surface area contributed by atoms with Crippen molar-refractivity contribution < 1.29 is 9.13 Å². The molecule has 2 rings (SSSR count). The van der Waals surface area contributed by atoms with Crippen molar-refractivity contribution in [3.05, 3.63) is 28.5 Å². The Kier molecular flexibility index (Phi) is 3.66. The molecule has 0 atom stereocenters. The van der Waals surface area contributed by atoms with Crippen LogP contribution in [0.2, 0.25) is 5.02 Å². The van der Waals surface area contributed by atoms with Crippen molar-refractivity contribution in [1.29, 1.82) is 0 Å². The van der Waals surface area contributed by atoms with Crippen molar-refractivity contribution in [3.63, 3.8) is 0 Å². The minimum absolute atomic E-state index is 0.198. The van der Waals surface area contributed by atoms with E-state index in [1.807, 2.05) is 0 Å². The Morgan fingerprint density at radius 1 is 1.38 bits per heavy atom. The Bertz CT molecular complexity index is 378. The van der Waals surface area contributed by atoms with Crippen LogP contribution in [0.5, 0.6) is 5.75 Å². The number of hydrogen-bond acceptors (Lipinski definition) is 2. The van der Waals surface area contributed by atoms with Gasteiger partial charge in [0.15, 0.2) is 11.6 Å². The fraction of sp³-hybridized carbons (Fsp3) is 0.500. The van der Waals surface area contributed by atoms with Crippen LogP contribution < -0.4 is 10.1 Å². The highest BCUT2D eigenvalue weighted by molar-refractivity contribution is 6.31. The Labute approximate surface area is 99.7 Å². The summed E-state index contributed by atoms with van der Waals surface area (Å²) in [6, 6.07) is 3.28. The van der Waals surface area contributed by atoms with E-state index in [2.05, 4.69) is 5.32 Å². The summed E-state index contributed by atoms with van der Waals surface area (Å²) in [4.78, 5) is 0. The number of piperidine rings is 1. The van der Waals surface area contributed by atoms with Gasteiger partial charge < -0.3 is 10.1 Å². The zero-order valence-electron chi connectivity index (χ0n) is 9.22. The van der Waals surface area contributed by atoms with E-state index >= 15 is 0 Å². The number of nitrogens with one attached hydrogen (secondary N) is 1. The van der Waals surface area contributed by atoms with E-state index in [4.69, 9.17) is 16.3 Å². The summed E-state index contributed by atoms with van der Waals surface area (Å²) >= 11 is 6.08. The normalized spacial score (nSPS) is 17.4. The van der Waals surface area contributed by atoms with Crippen LogP contribution in [0.4, 0.5) is 4.39 Å². The average Bonchev–Trinajstić information content (AvgIpc) is 2.31. The lowest BCUT2D eigenvalue weighted by molar-refractivity contribution is 0.376. The zero-order chi connectivity index (χ0) is 11.5. The molecule has 2 nitrogen and oxygen atoms in total. The molecular weight excluding hydrogens is 229 g/mol. The highest BCUT2D eigenvalue weighted by Crippen LogP contribution is 2.36. The number of ether oxygens (including phenoxy) is 1. The third-order valence-corrected chi connectivity index (χ3v) is 3.39. The number of rotatable bonds is 2. The van der Waals surface area contributed by atoms with Gasteiger partial charge in [-0.25, -0.2) is 4.39 Å². The Balaban J connectivity index is 2.37. The van der Waals surface area contributed by atoms with Crippen LogP contribution >= 0.6 is 11.6 Å². The molecule has 0 aliphatic carbocycles. The smallest absolute Gasteiger partial charge is 0.169 e. The Morgan fingerprint density at radius 2 is 2.06 bits per heavy atom. The summed E-state index contributed by atoms with van der Waals surface area (Å²) in [6.45, 7) is 1.83. The van der Waals surface area contributed by atoms with Crippen molar-refractivity contribution in [2.24, 2.45) is 0 Å². The maximum atomic E-state index is 14.1. The SMILES string of the molecule is COc1ccc(Cl)c(C2CCNCC2)c1F. The first-order chi connectivity index (χ1) is 7.74.